The molecule has 1 amide bonds. The van der Waals surface area contributed by atoms with Crippen molar-refractivity contribution in [2.75, 3.05) is 26.2 Å². The normalized spacial score (nSPS) is 24.1. The maximum absolute atomic E-state index is 11.6. The molecule has 4 unspecified atom stereocenters. The Morgan fingerprint density at radius 2 is 1.71 bits per heavy atom. The van der Waals surface area contributed by atoms with E-state index in [9.17, 15) is 43.4 Å². The standard InChI is InChI=1S/C11H17N4O13P3.C6H14N2O.2CH4/c1-5-7-10(13-3-12-5)15(4-14-7)11-9(17)8(16)6(26-11)2-25-30(21,22)28-31(23,24)27-29(18,19)20;1-3-7-4-5-8-6(2)9;;/h3-4,6,8-9,11,16-17H,2H2,1H3,(H,21,22)(H,23,24)(H2,18,19,20);7H,3-5H2,1-2H3,(H,8,9);2*1H4/p-3/t6-,8?,9+,11-;;;/m1.../s1. The summed E-state index contributed by atoms with van der Waals surface area (Å²) < 4.78 is 50.8. The van der Waals surface area contributed by atoms with E-state index in [1.165, 1.54) is 24.1 Å². The summed E-state index contributed by atoms with van der Waals surface area (Å²) in [5.74, 6) is 0.0351. The number of imidazole rings is 1. The maximum Gasteiger partial charge on any atom is 0.280 e. The predicted molar refractivity (Wildman–Crippen MR) is 140 cm³/mol. The Labute approximate surface area is 241 Å². The zero-order chi connectivity index (χ0) is 30.3. The first kappa shape index (κ1) is 40.3. The number of ether oxygens (including phenoxy) is 1. The van der Waals surface area contributed by atoms with Gasteiger partial charge in [-0.3, -0.25) is 23.1 Å². The Hall–Kier alpha value is -1.73. The van der Waals surface area contributed by atoms with Gasteiger partial charge in [-0.15, -0.1) is 0 Å². The van der Waals surface area contributed by atoms with Gasteiger partial charge in [0, 0.05) is 20.0 Å². The SMILES string of the molecule is C.C.CCNCCNC(C)=O.Cc1ncnc2c1ncn2[C@@H]1O[C@H](COP(=O)([O-])OP(=O)([O-])OP(=O)([O-])O)C(O)[C@@H]1O. The van der Waals surface area contributed by atoms with Gasteiger partial charge in [-0.2, -0.15) is 0 Å². The number of aromatic nitrogens is 4. The number of hydrogen-bond acceptors (Lipinski definition) is 17. The monoisotopic (exact) mass is 665 g/mol. The number of nitrogens with one attached hydrogen (secondary N) is 2. The van der Waals surface area contributed by atoms with Crippen molar-refractivity contribution < 1.29 is 66.2 Å². The lowest BCUT2D eigenvalue weighted by Gasteiger charge is -2.33. The number of nitrogens with zero attached hydrogens (tertiary/aromatic N) is 4. The highest BCUT2D eigenvalue weighted by molar-refractivity contribution is 7.65. The van der Waals surface area contributed by atoms with Crippen LogP contribution in [-0.4, -0.2) is 85.1 Å². The van der Waals surface area contributed by atoms with E-state index < -0.39 is 54.6 Å². The van der Waals surface area contributed by atoms with Crippen molar-refractivity contribution in [3.63, 3.8) is 0 Å². The smallest absolute Gasteiger partial charge is 0.280 e. The van der Waals surface area contributed by atoms with Gasteiger partial charge in [-0.25, -0.2) is 23.6 Å². The first-order valence-corrected chi connectivity index (χ1v) is 15.7. The van der Waals surface area contributed by atoms with Gasteiger partial charge in [0.15, 0.2) is 11.9 Å². The molecular weight excluding hydrogens is 629 g/mol. The van der Waals surface area contributed by atoms with Gasteiger partial charge < -0.3 is 49.7 Å². The van der Waals surface area contributed by atoms with Crippen LogP contribution in [0.4, 0.5) is 0 Å². The van der Waals surface area contributed by atoms with E-state index in [1.807, 2.05) is 6.92 Å². The van der Waals surface area contributed by atoms with Crippen molar-refractivity contribution >= 4 is 40.5 Å². The largest absolute Gasteiger partial charge is 0.756 e. The van der Waals surface area contributed by atoms with Crippen LogP contribution >= 0.6 is 23.5 Å². The molecule has 244 valence electrons. The number of amides is 1. The first-order chi connectivity index (χ1) is 18.5. The number of phosphoric ester groups is 1. The van der Waals surface area contributed by atoms with Crippen LogP contribution in [-0.2, 0) is 36.4 Å². The predicted octanol–water partition coefficient (Wildman–Crippen LogP) is -1.79. The maximum atomic E-state index is 11.6. The Kier molecular flexibility index (Phi) is 16.2. The van der Waals surface area contributed by atoms with Crippen LogP contribution < -0.4 is 25.3 Å². The van der Waals surface area contributed by atoms with Gasteiger partial charge in [0.25, 0.3) is 23.5 Å². The van der Waals surface area contributed by atoms with Gasteiger partial charge in [-0.1, -0.05) is 21.8 Å². The summed E-state index contributed by atoms with van der Waals surface area (Å²) >= 11 is 0. The molecule has 0 aliphatic carbocycles. The Morgan fingerprint density at radius 1 is 1.07 bits per heavy atom. The molecular formula is C19H36N6O14P3-3. The molecule has 2 aromatic heterocycles. The lowest BCUT2D eigenvalue weighted by molar-refractivity contribution is -0.250. The van der Waals surface area contributed by atoms with E-state index >= 15 is 0 Å². The van der Waals surface area contributed by atoms with Crippen LogP contribution in [0.3, 0.4) is 0 Å². The molecule has 23 heteroatoms. The van der Waals surface area contributed by atoms with E-state index in [1.54, 1.807) is 6.92 Å². The second kappa shape index (κ2) is 16.9. The summed E-state index contributed by atoms with van der Waals surface area (Å²) in [5.41, 5.74) is 1.16. The number of aliphatic hydroxyl groups excluding tert-OH is 2. The molecule has 2 aromatic rings. The molecule has 0 radical (unpaired) electrons. The van der Waals surface area contributed by atoms with Crippen molar-refractivity contribution in [1.29, 1.82) is 0 Å². The summed E-state index contributed by atoms with van der Waals surface area (Å²) in [4.78, 5) is 63.9. The van der Waals surface area contributed by atoms with Gasteiger partial charge in [0.2, 0.25) is 5.91 Å². The Bertz CT molecular complexity index is 1290. The van der Waals surface area contributed by atoms with Crippen LogP contribution in [0.1, 0.15) is 40.6 Å². The lowest BCUT2D eigenvalue weighted by Crippen LogP contribution is -2.34. The van der Waals surface area contributed by atoms with Crippen LogP contribution in [0.5, 0.6) is 0 Å². The Balaban J connectivity index is 0.00000133. The van der Waals surface area contributed by atoms with Crippen molar-refractivity contribution in [1.82, 2.24) is 30.2 Å². The quantitative estimate of drug-likeness (QED) is 0.123. The molecule has 20 nitrogen and oxygen atoms in total. The van der Waals surface area contributed by atoms with E-state index in [0.29, 0.717) is 11.2 Å². The molecule has 0 saturated carbocycles. The van der Waals surface area contributed by atoms with Gasteiger partial charge in [0.1, 0.15) is 30.2 Å². The molecule has 1 aliphatic rings. The second-order valence-electron chi connectivity index (χ2n) is 7.99. The van der Waals surface area contributed by atoms with Crippen molar-refractivity contribution in [3.8, 4) is 0 Å². The fourth-order valence-electron chi connectivity index (χ4n) is 3.21. The molecule has 0 aromatic carbocycles. The van der Waals surface area contributed by atoms with Crippen molar-refractivity contribution in [2.45, 2.75) is 60.2 Å². The van der Waals surface area contributed by atoms with Crippen molar-refractivity contribution in [3.05, 3.63) is 18.3 Å². The molecule has 7 atom stereocenters. The molecule has 1 fully saturated rings. The molecule has 3 heterocycles. The molecule has 42 heavy (non-hydrogen) atoms. The number of carbonyl (C=O) groups is 1. The third kappa shape index (κ3) is 12.5. The average Bonchev–Trinajstić information content (AvgIpc) is 3.35. The minimum atomic E-state index is -6.06. The second-order valence-corrected chi connectivity index (χ2v) is 12.3. The molecule has 0 spiro atoms. The third-order valence-corrected chi connectivity index (χ3v) is 8.57. The van der Waals surface area contributed by atoms with Gasteiger partial charge >= 0.3 is 0 Å². The van der Waals surface area contributed by atoms with Crippen molar-refractivity contribution in [2.24, 2.45) is 0 Å². The molecule has 0 bridgehead atoms. The van der Waals surface area contributed by atoms with E-state index in [2.05, 4.69) is 38.7 Å². The fourth-order valence-corrected chi connectivity index (χ4v) is 6.10. The molecule has 1 saturated heterocycles. The molecule has 3 rings (SSSR count). The number of aliphatic hydroxyl groups is 2. The summed E-state index contributed by atoms with van der Waals surface area (Å²) in [5, 5.41) is 26.2. The van der Waals surface area contributed by atoms with Gasteiger partial charge in [-0.05, 0) is 13.5 Å². The van der Waals surface area contributed by atoms with Crippen LogP contribution in [0.15, 0.2) is 12.7 Å². The summed E-state index contributed by atoms with van der Waals surface area (Å²) in [7, 11) is -17.7. The van der Waals surface area contributed by atoms with Crippen LogP contribution in [0, 0.1) is 6.92 Å². The van der Waals surface area contributed by atoms with Gasteiger partial charge in [0.05, 0.1) is 18.6 Å². The van der Waals surface area contributed by atoms with E-state index in [4.69, 9.17) is 9.63 Å². The number of aryl methyl sites for hydroxylation is 1. The average molecular weight is 665 g/mol. The third-order valence-electron chi connectivity index (χ3n) is 4.88. The minimum Gasteiger partial charge on any atom is -0.756 e. The topological polar surface area (TPSA) is 303 Å². The number of rotatable bonds is 12. The number of phosphoric acid groups is 3. The lowest BCUT2D eigenvalue weighted by atomic mass is 10.1. The van der Waals surface area contributed by atoms with Crippen LogP contribution in [0.25, 0.3) is 11.2 Å². The number of carbonyl (C=O) groups excluding carboxylic acids is 1. The highest BCUT2D eigenvalue weighted by atomic mass is 31.3. The first-order valence-electron chi connectivity index (χ1n) is 11.3. The molecule has 5 N–H and O–H groups in total. The summed E-state index contributed by atoms with van der Waals surface area (Å²) in [6.45, 7) is 6.72. The zero-order valence-electron chi connectivity index (χ0n) is 21.3. The zero-order valence-corrected chi connectivity index (χ0v) is 23.9. The number of fused-ring (bicyclic) bond motifs is 1. The van der Waals surface area contributed by atoms with Crippen LogP contribution in [0.2, 0.25) is 0 Å². The Morgan fingerprint density at radius 3 is 2.29 bits per heavy atom. The summed E-state index contributed by atoms with van der Waals surface area (Å²) in [6.07, 6.45) is -3.58. The van der Waals surface area contributed by atoms with E-state index in [-0.39, 0.29) is 26.4 Å². The minimum absolute atomic E-state index is 0. The van der Waals surface area contributed by atoms with E-state index in [0.717, 1.165) is 19.6 Å². The molecule has 1 aliphatic heterocycles. The number of likely N-dealkylation sites (N-methyl/N-ethyl adjacent to an activating group) is 1. The fraction of sp³-hybridized carbons (Fsp3) is 0.684. The number of hydrogen-bond donors (Lipinski definition) is 5. The highest BCUT2D eigenvalue weighted by Crippen LogP contribution is 2.61. The summed E-state index contributed by atoms with van der Waals surface area (Å²) in [6, 6.07) is 0. The highest BCUT2D eigenvalue weighted by Gasteiger charge is 2.45.